The number of rotatable bonds is 28. The Labute approximate surface area is 745 Å². The lowest BCUT2D eigenvalue weighted by Gasteiger charge is -2.22. The molecule has 128 heavy (non-hydrogen) atoms. The number of para-hydroxylation sites is 8. The Balaban J connectivity index is 0.000000146. The number of ether oxygens (including phenoxy) is 5. The summed E-state index contributed by atoms with van der Waals surface area (Å²) in [4.78, 5) is 68.8. The number of aliphatic carboxylic acids is 3. The van der Waals surface area contributed by atoms with Crippen molar-refractivity contribution in [3.05, 3.63) is 362 Å². The van der Waals surface area contributed by atoms with E-state index in [9.17, 15) is 55.5 Å². The third kappa shape index (κ3) is 19.0. The highest BCUT2D eigenvalue weighted by Crippen LogP contribution is 2.76. The Morgan fingerprint density at radius 3 is 0.773 bits per heavy atom. The quantitative estimate of drug-likeness (QED) is 0.0303. The summed E-state index contributed by atoms with van der Waals surface area (Å²) in [5.74, 6) is -2.55. The number of hydrogen-bond acceptors (Lipinski definition) is 17. The summed E-state index contributed by atoms with van der Waals surface area (Å²) in [7, 11) is 0. The van der Waals surface area contributed by atoms with Gasteiger partial charge in [0.05, 0.1) is 64.6 Å². The molecule has 16 rings (SSSR count). The minimum atomic E-state index is -1.29. The van der Waals surface area contributed by atoms with E-state index in [0.29, 0.717) is 68.2 Å². The molecule has 640 valence electrons. The second kappa shape index (κ2) is 39.1. The van der Waals surface area contributed by atoms with Gasteiger partial charge in [-0.2, -0.15) is 21.0 Å². The maximum absolute atomic E-state index is 12.9. The lowest BCUT2D eigenvalue weighted by atomic mass is 9.78. The summed E-state index contributed by atoms with van der Waals surface area (Å²) in [6.07, 6.45) is 5.88. The molecule has 20 heteroatoms. The third-order valence-corrected chi connectivity index (χ3v) is 25.3. The van der Waals surface area contributed by atoms with Crippen LogP contribution in [0, 0.1) is 113 Å². The first-order valence-corrected chi connectivity index (χ1v) is 41.9. The first kappa shape index (κ1) is 90.1. The van der Waals surface area contributed by atoms with Crippen LogP contribution in [0.25, 0.3) is 0 Å². The Hall–Kier alpha value is -15.6. The molecule has 4 fully saturated rings. The molecule has 3 N–H and O–H groups in total. The van der Waals surface area contributed by atoms with Crippen LogP contribution in [0.2, 0.25) is 0 Å². The van der Waals surface area contributed by atoms with Gasteiger partial charge in [-0.15, -0.1) is 0 Å². The molecule has 0 aromatic heterocycles. The van der Waals surface area contributed by atoms with Crippen molar-refractivity contribution >= 4 is 71.5 Å². The van der Waals surface area contributed by atoms with Gasteiger partial charge in [-0.1, -0.05) is 250 Å². The minimum Gasteiger partial charge on any atom is -0.481 e. The fourth-order valence-corrected chi connectivity index (χ4v) is 18.0. The number of nitrogens with zero attached hydrogens (tertiary/aromatic N) is 8. The third-order valence-electron chi connectivity index (χ3n) is 25.3. The molecule has 0 aliphatic heterocycles. The van der Waals surface area contributed by atoms with E-state index in [4.69, 9.17) is 23.7 Å². The summed E-state index contributed by atoms with van der Waals surface area (Å²) in [5, 5.41) is 71.0. The number of hydrogen-bond donors (Lipinski definition) is 3. The predicted octanol–water partition coefficient (Wildman–Crippen LogP) is 24.9. The summed E-state index contributed by atoms with van der Waals surface area (Å²) in [6, 6.07) is 112. The normalized spacial score (nSPS) is 21.5. The Morgan fingerprint density at radius 1 is 0.305 bits per heavy atom. The van der Waals surface area contributed by atoms with Gasteiger partial charge in [0.15, 0.2) is 0 Å². The summed E-state index contributed by atoms with van der Waals surface area (Å²) >= 11 is 0. The van der Waals surface area contributed by atoms with E-state index in [1.54, 1.807) is 116 Å². The number of carboxylic acid groups (broad SMARTS) is 3. The van der Waals surface area contributed by atoms with Crippen LogP contribution in [0.5, 0.6) is 46.0 Å². The van der Waals surface area contributed by atoms with Gasteiger partial charge in [0.25, 0.3) is 0 Å². The van der Waals surface area contributed by atoms with Crippen molar-refractivity contribution in [2.75, 3.05) is 0 Å². The van der Waals surface area contributed by atoms with Crippen LogP contribution in [-0.4, -0.2) is 64.1 Å². The van der Waals surface area contributed by atoms with Crippen LogP contribution in [0.15, 0.2) is 360 Å². The molecular formula is C108H96N8O12. The van der Waals surface area contributed by atoms with Crippen molar-refractivity contribution in [3.63, 3.8) is 0 Å². The minimum absolute atomic E-state index is 0.0395. The monoisotopic (exact) mass is 1700 g/mol. The highest BCUT2D eigenvalue weighted by Gasteiger charge is 2.81. The van der Waals surface area contributed by atoms with Gasteiger partial charge in [0, 0.05) is 54.1 Å². The van der Waals surface area contributed by atoms with Crippen LogP contribution in [-0.2, 0) is 23.9 Å². The molecule has 4 aliphatic carbocycles. The molecule has 0 amide bonds. The van der Waals surface area contributed by atoms with Gasteiger partial charge in [0.2, 0.25) is 6.10 Å². The molecular weight excluding hydrogens is 1600 g/mol. The van der Waals surface area contributed by atoms with Crippen molar-refractivity contribution in [2.24, 2.45) is 87.5 Å². The average Bonchev–Trinajstić information content (AvgIpc) is 1.51. The SMILES string of the molecule is CC1(C)C(C=Nc2ccccc2)C1(C(=O)O)C(C#N)c1cccc(Oc2ccccc2)c1.CC1(C)C(C=Nc2ccccc2)C1C(=O)OC(C#N)c1cccc(Oc2ccccc2)c1.CC1(C)C(C=Nc2ccccc2)[C@]1(C(=O)O)C(C#N)c1cccc(Oc2ccccc2)c1.CC1(C)[C@H](C=Nc2ccccc2)[C@@]1(C(=O)O)[C@@H](C#N)c1cccc(Oc2ccccc2)c1. The smallest absolute Gasteiger partial charge is 0.312 e. The van der Waals surface area contributed by atoms with Gasteiger partial charge in [-0.05, 0) is 184 Å². The standard InChI is InChI=1S/4C27H24N2O3/c1-27(2)23(18-29-20-11-5-3-6-12-20)25(27)26(30)32-24(17-28)19-10-9-15-22(16-19)31-21-13-7-4-8-14-21;3*1-26(2)24(18-29-20-11-5-3-6-12-20)27(26,25(30)31)23(17-28)19-10-9-15-22(16-19)32-21-13-7-4-8-14-21/h3-16,18,23-25H,1-2H3;3*3-16,18,23-24H,1-2H3,(H,30,31)/t;23?,24?,27-;23-,24-,27+;/m.00./s1. The Morgan fingerprint density at radius 2 is 0.531 bits per heavy atom. The zero-order chi connectivity index (χ0) is 90.9. The summed E-state index contributed by atoms with van der Waals surface area (Å²) in [5.41, 5.74) is -0.546. The number of benzene rings is 12. The van der Waals surface area contributed by atoms with Gasteiger partial charge in [-0.25, -0.2) is 0 Å². The molecule has 0 radical (unpaired) electrons. The first-order valence-electron chi connectivity index (χ1n) is 41.9. The lowest BCUT2D eigenvalue weighted by Crippen LogP contribution is -2.29. The maximum atomic E-state index is 12.9. The number of carbonyl (C=O) groups excluding carboxylic acids is 1. The van der Waals surface area contributed by atoms with E-state index in [-0.39, 0.29) is 23.2 Å². The van der Waals surface area contributed by atoms with Crippen LogP contribution < -0.4 is 18.9 Å². The van der Waals surface area contributed by atoms with Gasteiger partial charge < -0.3 is 39.0 Å². The summed E-state index contributed by atoms with van der Waals surface area (Å²) in [6.45, 7) is 15.3. The molecule has 12 aromatic carbocycles. The Kier molecular flexibility index (Phi) is 27.5. The number of carboxylic acids is 3. The van der Waals surface area contributed by atoms with Crippen molar-refractivity contribution in [1.29, 1.82) is 21.0 Å². The zero-order valence-corrected chi connectivity index (χ0v) is 71.9. The number of carbonyl (C=O) groups is 4. The van der Waals surface area contributed by atoms with Gasteiger partial charge in [-0.3, -0.25) is 39.1 Å². The van der Waals surface area contributed by atoms with Crippen molar-refractivity contribution in [1.82, 2.24) is 0 Å². The second-order valence-electron chi connectivity index (χ2n) is 34.0. The lowest BCUT2D eigenvalue weighted by molar-refractivity contribution is -0.149. The fourth-order valence-electron chi connectivity index (χ4n) is 18.0. The number of nitriles is 4. The molecule has 12 aromatic rings. The highest BCUT2D eigenvalue weighted by molar-refractivity contribution is 5.94. The molecule has 20 nitrogen and oxygen atoms in total. The largest absolute Gasteiger partial charge is 0.481 e. The van der Waals surface area contributed by atoms with Crippen molar-refractivity contribution < 1.29 is 58.2 Å². The fraction of sp³-hybridized carbons (Fsp3) is 0.222. The molecule has 0 bridgehead atoms. The molecule has 0 spiro atoms. The van der Waals surface area contributed by atoms with Crippen LogP contribution >= 0.6 is 0 Å². The zero-order valence-electron chi connectivity index (χ0n) is 71.9. The molecule has 4 aliphatic rings. The van der Waals surface area contributed by atoms with E-state index in [0.717, 1.165) is 22.7 Å². The molecule has 0 saturated heterocycles. The van der Waals surface area contributed by atoms with E-state index in [1.165, 1.54) is 0 Å². The van der Waals surface area contributed by atoms with Crippen LogP contribution in [0.1, 0.15) is 102 Å². The second-order valence-corrected chi connectivity index (χ2v) is 34.0. The van der Waals surface area contributed by atoms with Crippen LogP contribution in [0.3, 0.4) is 0 Å². The van der Waals surface area contributed by atoms with Crippen molar-refractivity contribution in [3.8, 4) is 70.3 Å². The van der Waals surface area contributed by atoms with E-state index in [1.807, 2.05) is 304 Å². The van der Waals surface area contributed by atoms with Gasteiger partial charge >= 0.3 is 23.9 Å². The number of aliphatic imine (C=N–C) groups is 4. The predicted molar refractivity (Wildman–Crippen MR) is 492 cm³/mol. The average molecular weight is 1700 g/mol. The Bertz CT molecular complexity index is 5760. The number of esters is 1. The van der Waals surface area contributed by atoms with Crippen LogP contribution in [0.4, 0.5) is 22.7 Å². The summed E-state index contributed by atoms with van der Waals surface area (Å²) < 4.78 is 29.2. The highest BCUT2D eigenvalue weighted by atomic mass is 16.5. The van der Waals surface area contributed by atoms with Crippen molar-refractivity contribution in [2.45, 2.75) is 79.2 Å². The molecule has 0 heterocycles. The topological polar surface area (TPSA) is 320 Å². The maximum Gasteiger partial charge on any atom is 0.312 e. The first-order chi connectivity index (χ1) is 61.7. The molecule has 12 atom stereocenters. The molecule has 4 saturated carbocycles. The van der Waals surface area contributed by atoms with Gasteiger partial charge in [0.1, 0.15) is 68.3 Å². The van der Waals surface area contributed by atoms with E-state index < -0.39 is 92.0 Å². The molecule has 8 unspecified atom stereocenters. The van der Waals surface area contributed by atoms with E-state index in [2.05, 4.69) is 44.2 Å². The van der Waals surface area contributed by atoms with E-state index >= 15 is 0 Å².